The maximum absolute atomic E-state index is 5.57. The number of ether oxygens (including phenoxy) is 1. The van der Waals surface area contributed by atoms with Gasteiger partial charge in [0.05, 0.1) is 7.11 Å². The molecule has 0 aliphatic carbocycles. The molecule has 0 aliphatic heterocycles. The zero-order chi connectivity index (χ0) is 9.84. The van der Waals surface area contributed by atoms with Crippen molar-refractivity contribution in [1.82, 2.24) is 9.97 Å². The Kier molecular flexibility index (Phi) is 3.06. The summed E-state index contributed by atoms with van der Waals surface area (Å²) in [5, 5.41) is 0. The maximum Gasteiger partial charge on any atom is 0.218 e. The first kappa shape index (κ1) is 9.77. The minimum absolute atomic E-state index is 0.447. The van der Waals surface area contributed by atoms with Crippen molar-refractivity contribution >= 4 is 5.82 Å². The minimum Gasteiger partial charge on any atom is -0.481 e. The summed E-state index contributed by atoms with van der Waals surface area (Å²) in [5.41, 5.74) is 5.57. The van der Waals surface area contributed by atoms with Crippen LogP contribution in [-0.2, 0) is 6.42 Å². The smallest absolute Gasteiger partial charge is 0.218 e. The van der Waals surface area contributed by atoms with Gasteiger partial charge in [0, 0.05) is 12.5 Å². The fourth-order valence-electron chi connectivity index (χ4n) is 0.992. The van der Waals surface area contributed by atoms with E-state index in [0.29, 0.717) is 17.5 Å². The van der Waals surface area contributed by atoms with E-state index in [-0.39, 0.29) is 0 Å². The first-order chi connectivity index (χ1) is 6.11. The number of nitrogen functional groups attached to an aromatic ring is 1. The molecule has 0 fully saturated rings. The molecule has 1 rings (SSSR count). The number of hydrogen-bond donors (Lipinski definition) is 1. The largest absolute Gasteiger partial charge is 0.481 e. The Bertz CT molecular complexity index is 286. The highest BCUT2D eigenvalue weighted by molar-refractivity contribution is 5.33. The maximum atomic E-state index is 5.57. The molecule has 0 aromatic carbocycles. The van der Waals surface area contributed by atoms with E-state index in [1.165, 1.54) is 5.92 Å². The molecule has 0 spiro atoms. The molecule has 0 bridgehead atoms. The molecular weight excluding hydrogens is 166 g/mol. The molecule has 0 saturated carbocycles. The monoisotopic (exact) mass is 180 g/mol. The van der Waals surface area contributed by atoms with Gasteiger partial charge in [0.25, 0.3) is 0 Å². The number of methoxy groups -OCH3 is 1. The van der Waals surface area contributed by atoms with E-state index in [1.807, 2.05) is 13.8 Å². The minimum atomic E-state index is 0.447. The zero-order valence-electron chi connectivity index (χ0n) is 8.16. The third kappa shape index (κ3) is 2.89. The SMILES string of the molecule is COc1cc(N)nc(C[C](C)C)n1. The summed E-state index contributed by atoms with van der Waals surface area (Å²) < 4.78 is 4.98. The van der Waals surface area contributed by atoms with Gasteiger partial charge in [0.1, 0.15) is 11.6 Å². The van der Waals surface area contributed by atoms with Crippen molar-refractivity contribution in [3.05, 3.63) is 17.8 Å². The number of nitrogens with zero attached hydrogens (tertiary/aromatic N) is 2. The molecule has 13 heavy (non-hydrogen) atoms. The van der Waals surface area contributed by atoms with Crippen LogP contribution in [0.15, 0.2) is 6.07 Å². The number of nitrogens with two attached hydrogens (primary N) is 1. The summed E-state index contributed by atoms with van der Waals surface area (Å²) in [6.45, 7) is 4.05. The highest BCUT2D eigenvalue weighted by Gasteiger charge is 2.04. The average Bonchev–Trinajstić information content (AvgIpc) is 2.01. The van der Waals surface area contributed by atoms with Crippen molar-refractivity contribution in [2.24, 2.45) is 0 Å². The van der Waals surface area contributed by atoms with Crippen LogP contribution in [0.2, 0.25) is 0 Å². The normalized spacial score (nSPS) is 10.5. The quantitative estimate of drug-likeness (QED) is 0.759. The summed E-state index contributed by atoms with van der Waals surface area (Å²) in [4.78, 5) is 8.25. The first-order valence-electron chi connectivity index (χ1n) is 4.08. The molecular formula is C9H14N3O. The van der Waals surface area contributed by atoms with E-state index in [4.69, 9.17) is 10.5 Å². The van der Waals surface area contributed by atoms with Crippen LogP contribution in [0.5, 0.6) is 5.88 Å². The standard InChI is InChI=1S/C9H14N3O/c1-6(2)4-8-11-7(10)5-9(12-8)13-3/h5H,4H2,1-3H3,(H2,10,11,12). The van der Waals surface area contributed by atoms with Crippen molar-refractivity contribution < 1.29 is 4.74 Å². The third-order valence-corrected chi connectivity index (χ3v) is 1.49. The van der Waals surface area contributed by atoms with Gasteiger partial charge in [-0.05, 0) is 5.92 Å². The van der Waals surface area contributed by atoms with Crippen LogP contribution >= 0.6 is 0 Å². The van der Waals surface area contributed by atoms with Crippen LogP contribution in [0.4, 0.5) is 5.82 Å². The Morgan fingerprint density at radius 1 is 1.46 bits per heavy atom. The second kappa shape index (κ2) is 4.07. The molecule has 0 amide bonds. The lowest BCUT2D eigenvalue weighted by atomic mass is 10.1. The van der Waals surface area contributed by atoms with Crippen molar-refractivity contribution in [2.45, 2.75) is 20.3 Å². The van der Waals surface area contributed by atoms with E-state index in [9.17, 15) is 0 Å². The highest BCUT2D eigenvalue weighted by atomic mass is 16.5. The summed E-state index contributed by atoms with van der Waals surface area (Å²) >= 11 is 0. The molecule has 4 heteroatoms. The van der Waals surface area contributed by atoms with E-state index >= 15 is 0 Å². The van der Waals surface area contributed by atoms with Crippen molar-refractivity contribution in [2.75, 3.05) is 12.8 Å². The van der Waals surface area contributed by atoms with Crippen LogP contribution in [0.25, 0.3) is 0 Å². The first-order valence-corrected chi connectivity index (χ1v) is 4.08. The molecule has 0 atom stereocenters. The van der Waals surface area contributed by atoms with Gasteiger partial charge in [-0.15, -0.1) is 0 Å². The van der Waals surface area contributed by atoms with Crippen molar-refractivity contribution in [1.29, 1.82) is 0 Å². The Balaban J connectivity index is 2.88. The molecule has 2 N–H and O–H groups in total. The number of aromatic nitrogens is 2. The van der Waals surface area contributed by atoms with Gasteiger partial charge in [-0.2, -0.15) is 4.98 Å². The number of rotatable bonds is 3. The molecule has 71 valence electrons. The van der Waals surface area contributed by atoms with Gasteiger partial charge in [0.2, 0.25) is 5.88 Å². The Labute approximate surface area is 78.1 Å². The van der Waals surface area contributed by atoms with E-state index in [1.54, 1.807) is 13.2 Å². The predicted octanol–water partition coefficient (Wildman–Crippen LogP) is 1.22. The summed E-state index contributed by atoms with van der Waals surface area (Å²) in [6.07, 6.45) is 0.737. The number of hydrogen-bond acceptors (Lipinski definition) is 4. The molecule has 1 heterocycles. The molecule has 0 aliphatic rings. The lowest BCUT2D eigenvalue weighted by molar-refractivity contribution is 0.395. The summed E-state index contributed by atoms with van der Waals surface area (Å²) in [7, 11) is 1.56. The fourth-order valence-corrected chi connectivity index (χ4v) is 0.992. The van der Waals surface area contributed by atoms with Gasteiger partial charge in [-0.3, -0.25) is 0 Å². The Hall–Kier alpha value is -1.32. The van der Waals surface area contributed by atoms with Crippen LogP contribution < -0.4 is 10.5 Å². The lowest BCUT2D eigenvalue weighted by Gasteiger charge is -2.05. The number of anilines is 1. The van der Waals surface area contributed by atoms with Crippen molar-refractivity contribution in [3.63, 3.8) is 0 Å². The van der Waals surface area contributed by atoms with E-state index < -0.39 is 0 Å². The van der Waals surface area contributed by atoms with E-state index in [0.717, 1.165) is 6.42 Å². The van der Waals surface area contributed by atoms with Crippen LogP contribution in [0, 0.1) is 5.92 Å². The summed E-state index contributed by atoms with van der Waals surface area (Å²) in [5.74, 6) is 2.91. The second-order valence-corrected chi connectivity index (χ2v) is 3.14. The highest BCUT2D eigenvalue weighted by Crippen LogP contribution is 2.13. The third-order valence-electron chi connectivity index (χ3n) is 1.49. The van der Waals surface area contributed by atoms with Gasteiger partial charge in [0.15, 0.2) is 0 Å². The zero-order valence-corrected chi connectivity index (χ0v) is 8.16. The van der Waals surface area contributed by atoms with E-state index in [2.05, 4.69) is 9.97 Å². The second-order valence-electron chi connectivity index (χ2n) is 3.14. The van der Waals surface area contributed by atoms with Gasteiger partial charge >= 0.3 is 0 Å². The van der Waals surface area contributed by atoms with Crippen LogP contribution in [0.1, 0.15) is 19.7 Å². The van der Waals surface area contributed by atoms with Gasteiger partial charge < -0.3 is 10.5 Å². The lowest BCUT2D eigenvalue weighted by Crippen LogP contribution is -2.03. The topological polar surface area (TPSA) is 61.0 Å². The Morgan fingerprint density at radius 3 is 2.69 bits per heavy atom. The Morgan fingerprint density at radius 2 is 2.15 bits per heavy atom. The predicted molar refractivity (Wildman–Crippen MR) is 51.3 cm³/mol. The van der Waals surface area contributed by atoms with Crippen molar-refractivity contribution in [3.8, 4) is 5.88 Å². The molecule has 1 radical (unpaired) electrons. The van der Waals surface area contributed by atoms with Crippen LogP contribution in [-0.4, -0.2) is 17.1 Å². The van der Waals surface area contributed by atoms with Crippen LogP contribution in [0.3, 0.4) is 0 Å². The molecule has 1 aromatic rings. The van der Waals surface area contributed by atoms with Gasteiger partial charge in [-0.25, -0.2) is 4.98 Å². The van der Waals surface area contributed by atoms with Gasteiger partial charge in [-0.1, -0.05) is 13.8 Å². The fraction of sp³-hybridized carbons (Fsp3) is 0.444. The average molecular weight is 180 g/mol. The molecule has 1 aromatic heterocycles. The molecule has 0 saturated heterocycles. The molecule has 0 unspecified atom stereocenters. The summed E-state index contributed by atoms with van der Waals surface area (Å²) in [6, 6.07) is 1.61. The molecule has 4 nitrogen and oxygen atoms in total.